The first-order valence-corrected chi connectivity index (χ1v) is 7.27. The largest absolute Gasteiger partial charge is 0.459 e. The first kappa shape index (κ1) is 16.4. The summed E-state index contributed by atoms with van der Waals surface area (Å²) in [4.78, 5) is 13.9. The molecule has 0 aliphatic carbocycles. The van der Waals surface area contributed by atoms with Crippen LogP contribution in [0, 0.1) is 4.84 Å². The molecule has 120 valence electrons. The van der Waals surface area contributed by atoms with Crippen LogP contribution >= 0.6 is 12.2 Å². The Labute approximate surface area is 133 Å². The number of carbonyl (C=O) groups is 1. The lowest BCUT2D eigenvalue weighted by Crippen LogP contribution is -2.45. The number of aromatic nitrogens is 2. The van der Waals surface area contributed by atoms with Crippen molar-refractivity contribution in [3.8, 4) is 11.7 Å². The molecule has 0 aliphatic rings. The second-order valence-electron chi connectivity index (χ2n) is 6.10. The van der Waals surface area contributed by atoms with Gasteiger partial charge in [0, 0.05) is 5.54 Å². The van der Waals surface area contributed by atoms with Gasteiger partial charge in [-0.05, 0) is 52.2 Å². The van der Waals surface area contributed by atoms with Crippen LogP contribution in [0.1, 0.15) is 20.8 Å². The molecule has 0 bridgehead atoms. The summed E-state index contributed by atoms with van der Waals surface area (Å²) in [6, 6.07) is 3.49. The zero-order valence-electron chi connectivity index (χ0n) is 13.1. The lowest BCUT2D eigenvalue weighted by atomic mass is 10.1. The highest BCUT2D eigenvalue weighted by molar-refractivity contribution is 7.71. The Balaban J connectivity index is 1.99. The molecule has 2 aromatic heterocycles. The summed E-state index contributed by atoms with van der Waals surface area (Å²) in [6.45, 7) is 6.40. The van der Waals surface area contributed by atoms with Gasteiger partial charge in [-0.1, -0.05) is 0 Å². The molecule has 1 amide bonds. The molecule has 8 heteroatoms. The van der Waals surface area contributed by atoms with E-state index < -0.39 is 0 Å². The fourth-order valence-electron chi connectivity index (χ4n) is 1.88. The van der Waals surface area contributed by atoms with E-state index in [2.05, 4.69) is 10.4 Å². The lowest BCUT2D eigenvalue weighted by molar-refractivity contribution is -0.123. The van der Waals surface area contributed by atoms with E-state index in [1.54, 1.807) is 17.0 Å². The number of nitrogens with zero attached hydrogens (tertiary/aromatic N) is 3. The molecule has 2 rings (SSSR count). The number of amides is 1. The van der Waals surface area contributed by atoms with Crippen LogP contribution < -0.4 is 5.32 Å². The summed E-state index contributed by atoms with van der Waals surface area (Å²) < 4.78 is 12.1. The number of hydrogen-bond acceptors (Lipinski definition) is 6. The third-order valence-corrected chi connectivity index (χ3v) is 2.94. The predicted octanol–water partition coefficient (Wildman–Crippen LogP) is 2.27. The molecular weight excluding hydrogens is 304 g/mol. The third-order valence-electron chi connectivity index (χ3n) is 2.64. The van der Waals surface area contributed by atoms with E-state index >= 15 is 0 Å². The number of carbonyl (C=O) groups excluding carboxylic acids is 1. The molecule has 0 aromatic carbocycles. The highest BCUT2D eigenvalue weighted by atomic mass is 32.1. The molecule has 0 saturated carbocycles. The smallest absolute Gasteiger partial charge is 0.288 e. The minimum atomic E-state index is -0.255. The highest BCUT2D eigenvalue weighted by Gasteiger charge is 2.16. The van der Waals surface area contributed by atoms with Crippen LogP contribution in [0.5, 0.6) is 0 Å². The van der Waals surface area contributed by atoms with Gasteiger partial charge in [-0.25, -0.2) is 4.68 Å². The summed E-state index contributed by atoms with van der Waals surface area (Å²) in [5.41, 5.74) is -0.255. The van der Waals surface area contributed by atoms with E-state index in [-0.39, 0.29) is 22.8 Å². The summed E-state index contributed by atoms with van der Waals surface area (Å²) in [6.07, 6.45) is 1.54. The standard InChI is InChI=1S/C14H20N4O3S/c1-14(2,3)15-11(19)8-17(4)9-18-13(22)21-12(16-18)10-6-5-7-20-10/h5-7H,8-9H2,1-4H3,(H,15,19). The Kier molecular flexibility index (Phi) is 4.82. The molecule has 0 atom stereocenters. The number of likely N-dealkylation sites (N-methyl/N-ethyl adjacent to an activating group) is 1. The third kappa shape index (κ3) is 4.54. The van der Waals surface area contributed by atoms with Crippen LogP contribution in [0.4, 0.5) is 0 Å². The molecule has 22 heavy (non-hydrogen) atoms. The first-order chi connectivity index (χ1) is 10.2. The summed E-state index contributed by atoms with van der Waals surface area (Å²) in [7, 11) is 1.81. The van der Waals surface area contributed by atoms with Gasteiger partial charge in [0.1, 0.15) is 0 Å². The first-order valence-electron chi connectivity index (χ1n) is 6.86. The Morgan fingerprint density at radius 2 is 2.23 bits per heavy atom. The Morgan fingerprint density at radius 1 is 1.50 bits per heavy atom. The van der Waals surface area contributed by atoms with Gasteiger partial charge in [-0.2, -0.15) is 0 Å². The van der Waals surface area contributed by atoms with Crippen molar-refractivity contribution in [3.05, 3.63) is 23.2 Å². The molecular formula is C14H20N4O3S. The molecule has 2 heterocycles. The van der Waals surface area contributed by atoms with E-state index in [4.69, 9.17) is 21.1 Å². The van der Waals surface area contributed by atoms with Gasteiger partial charge in [0.25, 0.3) is 10.7 Å². The van der Waals surface area contributed by atoms with Crippen molar-refractivity contribution in [1.82, 2.24) is 20.0 Å². The van der Waals surface area contributed by atoms with Crippen LogP contribution in [0.2, 0.25) is 0 Å². The predicted molar refractivity (Wildman–Crippen MR) is 83.6 cm³/mol. The van der Waals surface area contributed by atoms with Crippen molar-refractivity contribution in [3.63, 3.8) is 0 Å². The molecule has 7 nitrogen and oxygen atoms in total. The average Bonchev–Trinajstić information content (AvgIpc) is 2.96. The minimum absolute atomic E-state index is 0.0590. The summed E-state index contributed by atoms with van der Waals surface area (Å²) in [5.74, 6) is 0.775. The molecule has 0 fully saturated rings. The van der Waals surface area contributed by atoms with Crippen LogP contribution in [-0.2, 0) is 11.5 Å². The van der Waals surface area contributed by atoms with Crippen molar-refractivity contribution in [2.45, 2.75) is 33.0 Å². The van der Waals surface area contributed by atoms with Crippen molar-refractivity contribution >= 4 is 18.1 Å². The topological polar surface area (TPSA) is 76.4 Å². The van der Waals surface area contributed by atoms with Crippen molar-refractivity contribution in [2.24, 2.45) is 0 Å². The zero-order valence-corrected chi connectivity index (χ0v) is 13.9. The van der Waals surface area contributed by atoms with E-state index in [1.165, 1.54) is 10.9 Å². The molecule has 1 N–H and O–H groups in total. The second-order valence-corrected chi connectivity index (χ2v) is 6.45. The van der Waals surface area contributed by atoms with Gasteiger partial charge in [0.15, 0.2) is 5.76 Å². The summed E-state index contributed by atoms with van der Waals surface area (Å²) >= 11 is 5.13. The average molecular weight is 324 g/mol. The zero-order chi connectivity index (χ0) is 16.3. The number of hydrogen-bond donors (Lipinski definition) is 1. The fourth-order valence-corrected chi connectivity index (χ4v) is 2.05. The van der Waals surface area contributed by atoms with Crippen LogP contribution in [0.15, 0.2) is 27.2 Å². The van der Waals surface area contributed by atoms with Gasteiger partial charge in [-0.15, -0.1) is 5.10 Å². The van der Waals surface area contributed by atoms with Crippen molar-refractivity contribution < 1.29 is 13.6 Å². The van der Waals surface area contributed by atoms with Gasteiger partial charge in [0.05, 0.1) is 19.5 Å². The SMILES string of the molecule is CN(CC(=O)NC(C)(C)C)Cn1nc(-c2ccco2)oc1=S. The monoisotopic (exact) mass is 324 g/mol. The van der Waals surface area contributed by atoms with Gasteiger partial charge in [-0.3, -0.25) is 9.69 Å². The minimum Gasteiger partial charge on any atom is -0.459 e. The van der Waals surface area contributed by atoms with Gasteiger partial charge in [0.2, 0.25) is 5.91 Å². The quantitative estimate of drug-likeness (QED) is 0.850. The van der Waals surface area contributed by atoms with Crippen molar-refractivity contribution in [1.29, 1.82) is 0 Å². The molecule has 2 aromatic rings. The molecule has 0 aliphatic heterocycles. The Bertz CT molecular complexity index is 682. The maximum Gasteiger partial charge on any atom is 0.288 e. The maximum absolute atomic E-state index is 11.9. The molecule has 0 radical (unpaired) electrons. The van der Waals surface area contributed by atoms with E-state index in [9.17, 15) is 4.79 Å². The fraction of sp³-hybridized carbons (Fsp3) is 0.500. The second kappa shape index (κ2) is 6.45. The van der Waals surface area contributed by atoms with E-state index in [0.717, 1.165) is 0 Å². The Hall–Kier alpha value is -1.93. The Morgan fingerprint density at radius 3 is 2.82 bits per heavy atom. The molecule has 0 unspecified atom stereocenters. The normalized spacial score (nSPS) is 11.9. The maximum atomic E-state index is 11.9. The van der Waals surface area contributed by atoms with Crippen LogP contribution in [-0.4, -0.2) is 39.7 Å². The van der Waals surface area contributed by atoms with E-state index in [0.29, 0.717) is 18.3 Å². The highest BCUT2D eigenvalue weighted by Crippen LogP contribution is 2.17. The number of nitrogens with one attached hydrogen (secondary N) is 1. The molecule has 0 spiro atoms. The lowest BCUT2D eigenvalue weighted by Gasteiger charge is -2.23. The van der Waals surface area contributed by atoms with E-state index in [1.807, 2.05) is 27.8 Å². The van der Waals surface area contributed by atoms with Crippen LogP contribution in [0.3, 0.4) is 0 Å². The number of rotatable bonds is 5. The van der Waals surface area contributed by atoms with Crippen molar-refractivity contribution in [2.75, 3.05) is 13.6 Å². The van der Waals surface area contributed by atoms with Gasteiger partial charge < -0.3 is 14.2 Å². The molecule has 0 saturated heterocycles. The summed E-state index contributed by atoms with van der Waals surface area (Å²) in [5, 5.41) is 7.16. The number of furan rings is 1. The van der Waals surface area contributed by atoms with Gasteiger partial charge >= 0.3 is 0 Å². The van der Waals surface area contributed by atoms with Crippen LogP contribution in [0.25, 0.3) is 11.7 Å².